The monoisotopic (exact) mass is 228 g/mol. The van der Waals surface area contributed by atoms with E-state index in [1.807, 2.05) is 0 Å². The maximum Gasteiger partial charge on any atom is 0.332 e. The van der Waals surface area contributed by atoms with E-state index in [4.69, 9.17) is 23.2 Å². The highest BCUT2D eigenvalue weighted by atomic mass is 35.5. The van der Waals surface area contributed by atoms with Crippen molar-refractivity contribution in [2.45, 2.75) is 4.90 Å². The number of benzene rings is 1. The van der Waals surface area contributed by atoms with Crippen LogP contribution >= 0.6 is 23.2 Å². The topological polar surface area (TPSA) is 34.1 Å². The van der Waals surface area contributed by atoms with E-state index >= 15 is 0 Å². The molecule has 0 aliphatic carbocycles. The van der Waals surface area contributed by atoms with Crippen LogP contribution in [-0.2, 0) is 10.2 Å². The zero-order chi connectivity index (χ0) is 9.35. The van der Waals surface area contributed by atoms with E-state index in [0.29, 0.717) is 0 Å². The molecular formula is C6H3Cl2FO2S. The summed E-state index contributed by atoms with van der Waals surface area (Å²) in [5.41, 5.74) is 0. The highest BCUT2D eigenvalue weighted by molar-refractivity contribution is 7.86. The molecule has 1 aromatic rings. The van der Waals surface area contributed by atoms with Crippen molar-refractivity contribution in [3.05, 3.63) is 28.2 Å². The van der Waals surface area contributed by atoms with Gasteiger partial charge in [0.15, 0.2) is 0 Å². The fraction of sp³-hybridized carbons (Fsp3) is 0. The quantitative estimate of drug-likeness (QED) is 0.693. The Morgan fingerprint density at radius 3 is 2.17 bits per heavy atom. The summed E-state index contributed by atoms with van der Waals surface area (Å²) in [6.45, 7) is 0. The Kier molecular flexibility index (Phi) is 2.61. The third-order valence-electron chi connectivity index (χ3n) is 1.17. The molecule has 0 aromatic heterocycles. The van der Waals surface area contributed by atoms with Crippen LogP contribution in [0, 0.1) is 0 Å². The van der Waals surface area contributed by atoms with E-state index in [-0.39, 0.29) is 10.0 Å². The molecule has 0 amide bonds. The summed E-state index contributed by atoms with van der Waals surface area (Å²) in [4.78, 5) is -0.489. The van der Waals surface area contributed by atoms with Gasteiger partial charge >= 0.3 is 10.2 Å². The molecule has 0 heterocycles. The first-order chi connectivity index (χ1) is 5.41. The van der Waals surface area contributed by atoms with Gasteiger partial charge in [0.1, 0.15) is 4.90 Å². The van der Waals surface area contributed by atoms with Crippen molar-refractivity contribution in [1.29, 1.82) is 0 Å². The van der Waals surface area contributed by atoms with Crippen LogP contribution in [0.25, 0.3) is 0 Å². The second-order valence-corrected chi connectivity index (χ2v) is 4.18. The van der Waals surface area contributed by atoms with Gasteiger partial charge in [0.25, 0.3) is 0 Å². The molecule has 0 unspecified atom stereocenters. The fourth-order valence-electron chi connectivity index (χ4n) is 0.629. The summed E-state index contributed by atoms with van der Waals surface area (Å²) in [5, 5.41) is 0.194. The maximum atomic E-state index is 12.3. The Labute approximate surface area is 79.1 Å². The third kappa shape index (κ3) is 2.09. The molecule has 66 valence electrons. The average molecular weight is 229 g/mol. The van der Waals surface area contributed by atoms with Crippen molar-refractivity contribution in [3.8, 4) is 0 Å². The Morgan fingerprint density at radius 2 is 1.75 bits per heavy atom. The minimum Gasteiger partial charge on any atom is -0.189 e. The zero-order valence-corrected chi connectivity index (χ0v) is 7.92. The number of hydrogen-bond acceptors (Lipinski definition) is 2. The standard InChI is InChI=1S/C6H3Cl2FO2S/c7-5-2-1-4(3-6(5)8)12(9,10)11/h1-3H. The van der Waals surface area contributed by atoms with Gasteiger partial charge in [0.2, 0.25) is 0 Å². The first-order valence-electron chi connectivity index (χ1n) is 2.81. The summed E-state index contributed by atoms with van der Waals surface area (Å²) in [6.07, 6.45) is 0. The van der Waals surface area contributed by atoms with Crippen LogP contribution in [0.1, 0.15) is 0 Å². The molecule has 0 aliphatic heterocycles. The van der Waals surface area contributed by atoms with E-state index in [9.17, 15) is 12.3 Å². The molecule has 1 rings (SSSR count). The summed E-state index contributed by atoms with van der Waals surface area (Å²) >= 11 is 10.9. The summed E-state index contributed by atoms with van der Waals surface area (Å²) in [6, 6.07) is 3.22. The predicted octanol–water partition coefficient (Wildman–Crippen LogP) is 2.65. The van der Waals surface area contributed by atoms with E-state index in [0.717, 1.165) is 12.1 Å². The normalized spacial score (nSPS) is 11.6. The Hall–Kier alpha value is -0.320. The maximum absolute atomic E-state index is 12.3. The lowest BCUT2D eigenvalue weighted by Gasteiger charge is -1.96. The van der Waals surface area contributed by atoms with Gasteiger partial charge in [-0.2, -0.15) is 8.42 Å². The molecule has 0 radical (unpaired) electrons. The number of rotatable bonds is 1. The molecule has 0 spiro atoms. The zero-order valence-electron chi connectivity index (χ0n) is 5.59. The first-order valence-corrected chi connectivity index (χ1v) is 4.95. The molecule has 0 bridgehead atoms. The van der Waals surface area contributed by atoms with Crippen molar-refractivity contribution < 1.29 is 12.3 Å². The molecule has 0 atom stereocenters. The van der Waals surface area contributed by atoms with Gasteiger partial charge in [-0.3, -0.25) is 0 Å². The van der Waals surface area contributed by atoms with Crippen molar-refractivity contribution in [3.63, 3.8) is 0 Å². The van der Waals surface area contributed by atoms with E-state index in [1.165, 1.54) is 6.07 Å². The number of hydrogen-bond donors (Lipinski definition) is 0. The minimum atomic E-state index is -4.69. The van der Waals surface area contributed by atoms with Crippen molar-refractivity contribution in [2.75, 3.05) is 0 Å². The lowest BCUT2D eigenvalue weighted by atomic mass is 10.4. The van der Waals surface area contributed by atoms with Crippen LogP contribution in [0.2, 0.25) is 10.0 Å². The smallest absolute Gasteiger partial charge is 0.189 e. The van der Waals surface area contributed by atoms with Crippen LogP contribution in [0.5, 0.6) is 0 Å². The predicted molar refractivity (Wildman–Crippen MR) is 44.8 cm³/mol. The van der Waals surface area contributed by atoms with Gasteiger partial charge < -0.3 is 0 Å². The SMILES string of the molecule is O=S(=O)(F)c1ccc(Cl)c(Cl)c1. The third-order valence-corrected chi connectivity index (χ3v) is 2.73. The van der Waals surface area contributed by atoms with Gasteiger partial charge in [-0.25, -0.2) is 0 Å². The van der Waals surface area contributed by atoms with Gasteiger partial charge in [-0.15, -0.1) is 3.89 Å². The molecule has 0 saturated carbocycles. The Morgan fingerprint density at radius 1 is 1.17 bits per heavy atom. The van der Waals surface area contributed by atoms with Crippen LogP contribution < -0.4 is 0 Å². The molecule has 12 heavy (non-hydrogen) atoms. The summed E-state index contributed by atoms with van der Waals surface area (Å²) in [7, 11) is -4.69. The molecule has 6 heteroatoms. The van der Waals surface area contributed by atoms with Crippen molar-refractivity contribution in [1.82, 2.24) is 0 Å². The molecular weight excluding hydrogens is 226 g/mol. The summed E-state index contributed by atoms with van der Waals surface area (Å²) < 4.78 is 33.0. The molecule has 0 aliphatic rings. The van der Waals surface area contributed by atoms with Crippen LogP contribution in [-0.4, -0.2) is 8.42 Å². The molecule has 2 nitrogen and oxygen atoms in total. The van der Waals surface area contributed by atoms with Gasteiger partial charge in [0.05, 0.1) is 10.0 Å². The second kappa shape index (κ2) is 3.20. The second-order valence-electron chi connectivity index (χ2n) is 2.01. The first kappa shape index (κ1) is 9.77. The van der Waals surface area contributed by atoms with E-state index in [2.05, 4.69) is 0 Å². The largest absolute Gasteiger partial charge is 0.332 e. The van der Waals surface area contributed by atoms with Crippen molar-refractivity contribution >= 4 is 33.4 Å². The fourth-order valence-corrected chi connectivity index (χ4v) is 1.48. The van der Waals surface area contributed by atoms with Gasteiger partial charge in [-0.1, -0.05) is 23.2 Å². The van der Waals surface area contributed by atoms with E-state index < -0.39 is 15.1 Å². The van der Waals surface area contributed by atoms with Crippen LogP contribution in [0.3, 0.4) is 0 Å². The van der Waals surface area contributed by atoms with Crippen molar-refractivity contribution in [2.24, 2.45) is 0 Å². The highest BCUT2D eigenvalue weighted by Gasteiger charge is 2.12. The molecule has 1 aromatic carbocycles. The highest BCUT2D eigenvalue weighted by Crippen LogP contribution is 2.25. The lowest BCUT2D eigenvalue weighted by Crippen LogP contribution is -1.90. The van der Waals surface area contributed by atoms with Crippen LogP contribution in [0.4, 0.5) is 3.89 Å². The van der Waals surface area contributed by atoms with Crippen LogP contribution in [0.15, 0.2) is 23.1 Å². The Balaban J connectivity index is 3.33. The lowest BCUT2D eigenvalue weighted by molar-refractivity contribution is 0.552. The van der Waals surface area contributed by atoms with Gasteiger partial charge in [-0.05, 0) is 18.2 Å². The Bertz CT molecular complexity index is 402. The average Bonchev–Trinajstić information content (AvgIpc) is 1.92. The van der Waals surface area contributed by atoms with E-state index in [1.54, 1.807) is 0 Å². The number of halogens is 3. The molecule has 0 saturated heterocycles. The molecule has 0 fully saturated rings. The van der Waals surface area contributed by atoms with Gasteiger partial charge in [0, 0.05) is 0 Å². The summed E-state index contributed by atoms with van der Waals surface area (Å²) in [5.74, 6) is 0. The molecule has 0 N–H and O–H groups in total. The minimum absolute atomic E-state index is 0.00962.